The van der Waals surface area contributed by atoms with Crippen LogP contribution in [0, 0.1) is 35.0 Å². The van der Waals surface area contributed by atoms with E-state index in [1.165, 1.54) is 40.2 Å². The largest absolute Gasteiger partial charge is 0.481 e. The number of carbonyl (C=O) groups is 16. The number of rotatable bonds is 58. The maximum atomic E-state index is 14.7. The molecule has 0 spiro atoms. The molecule has 29 N–H and O–H groups in total. The van der Waals surface area contributed by atoms with E-state index in [1.54, 1.807) is 69.2 Å². The van der Waals surface area contributed by atoms with E-state index in [9.17, 15) is 92.0 Å². The van der Waals surface area contributed by atoms with Gasteiger partial charge in [0.1, 0.15) is 78.0 Å². The first kappa shape index (κ1) is 104. The number of aromatic nitrogens is 2. The molecule has 658 valence electrons. The van der Waals surface area contributed by atoms with Crippen molar-refractivity contribution in [3.05, 3.63) is 18.2 Å². The fraction of sp³-hybridized carbons (Fsp3) is 0.733. The van der Waals surface area contributed by atoms with Crippen LogP contribution in [0.15, 0.2) is 12.5 Å². The first-order chi connectivity index (χ1) is 54.1. The van der Waals surface area contributed by atoms with E-state index in [4.69, 9.17) is 34.1 Å². The van der Waals surface area contributed by atoms with E-state index in [0.29, 0.717) is 31.4 Å². The Hall–Kier alpha value is -10.2. The Morgan fingerprint density at radius 3 is 1.10 bits per heavy atom. The fourth-order valence-electron chi connectivity index (χ4n) is 11.9. The average molecular weight is 1650 g/mol. The van der Waals surface area contributed by atoms with Gasteiger partial charge in [0.05, 0.1) is 24.2 Å². The van der Waals surface area contributed by atoms with E-state index in [2.05, 4.69) is 84.4 Å². The quantitative estimate of drug-likeness (QED) is 0.0170. The molecule has 14 amide bonds. The number of nitrogens with one attached hydrogen (secondary N) is 16. The zero-order valence-electron chi connectivity index (χ0n) is 69.7. The summed E-state index contributed by atoms with van der Waals surface area (Å²) < 4.78 is 0. The highest BCUT2D eigenvalue weighted by atomic mass is 16.4. The van der Waals surface area contributed by atoms with Gasteiger partial charge in [-0.3, -0.25) is 82.1 Å². The van der Waals surface area contributed by atoms with Crippen molar-refractivity contribution >= 4 is 101 Å². The number of nitrogens with two attached hydrogens (primary N) is 5. The Kier molecular flexibility index (Phi) is 47.6. The number of amides is 14. The maximum Gasteiger partial charge on any atom is 0.303 e. The number of primary amides is 1. The lowest BCUT2D eigenvalue weighted by atomic mass is 9.97. The molecule has 0 radical (unpaired) electrons. The summed E-state index contributed by atoms with van der Waals surface area (Å²) in [6.07, 6.45) is 0.153. The van der Waals surface area contributed by atoms with E-state index in [-0.39, 0.29) is 119 Å². The third kappa shape index (κ3) is 41.4. The molecular weight excluding hydrogens is 1510 g/mol. The van der Waals surface area contributed by atoms with Gasteiger partial charge in [-0.25, -0.2) is 4.98 Å². The molecule has 0 aliphatic heterocycles. The molecule has 1 rings (SSSR count). The number of imidazole rings is 1. The summed E-state index contributed by atoms with van der Waals surface area (Å²) >= 11 is 0. The Labute approximate surface area is 678 Å². The topological polar surface area (TPSA) is 685 Å². The number of hydrogen-bond acceptors (Lipinski definition) is 22. The van der Waals surface area contributed by atoms with Crippen molar-refractivity contribution in [2.24, 2.45) is 58.3 Å². The molecule has 41 heteroatoms. The van der Waals surface area contributed by atoms with E-state index >= 15 is 0 Å². The highest BCUT2D eigenvalue weighted by molar-refractivity contribution is 6.01. The maximum absolute atomic E-state index is 14.7. The van der Waals surface area contributed by atoms with Gasteiger partial charge in [-0.15, -0.1) is 0 Å². The molecule has 0 aliphatic rings. The number of hydrogen-bond donors (Lipinski definition) is 24. The molecule has 0 bridgehead atoms. The summed E-state index contributed by atoms with van der Waals surface area (Å²) in [4.78, 5) is 227. The number of carbonyl (C=O) groups excluding carboxylic acids is 14. The number of carboxylic acids is 2. The van der Waals surface area contributed by atoms with Crippen molar-refractivity contribution in [1.82, 2.24) is 84.4 Å². The van der Waals surface area contributed by atoms with Crippen molar-refractivity contribution in [2.75, 3.05) is 19.6 Å². The third-order valence-corrected chi connectivity index (χ3v) is 18.2. The lowest BCUT2D eigenvalue weighted by Gasteiger charge is -2.32. The highest BCUT2D eigenvalue weighted by Crippen LogP contribution is 2.18. The van der Waals surface area contributed by atoms with Crippen LogP contribution in [0.4, 0.5) is 0 Å². The van der Waals surface area contributed by atoms with E-state index in [0.717, 1.165) is 0 Å². The number of nitrogens with zero attached hydrogens (tertiary/aromatic N) is 1. The second-order valence-electron chi connectivity index (χ2n) is 32.0. The second kappa shape index (κ2) is 53.1. The van der Waals surface area contributed by atoms with Gasteiger partial charge in [0.25, 0.3) is 0 Å². The van der Waals surface area contributed by atoms with Crippen LogP contribution in [0.2, 0.25) is 0 Å². The van der Waals surface area contributed by atoms with Gasteiger partial charge in [0.2, 0.25) is 82.7 Å². The number of aliphatic carboxylic acids is 2. The standard InChI is InChI=1S/C75H134N22O19/c1-38(2)30-51(92-67(110)52(31-39(3)4)91-65(108)49(23-25-57(99)100)86-61(104)46(78)20-19-29-83-74(80)81)66(109)88-50(24-26-58(101)102)64(107)87-47(21-15-17-27-76)62(105)89-53(32-40(5)6)68(111)93-55(34-42(9)10)71(114)97-75(13,14)73(116)95-48(22-16-18-28-77)63(106)90-54(33-41(7)8)69(112)94-56(35-45-36-82-37-84-45)70(113)96-59(44(12)98)72(115)85-43(11)60(79)103/h36-44,46-56,59,98H,15-35,76-78H2,1-14H3,(H2,79,103)(H,82,84)(H,85,115)(H,86,104)(H,87,107)(H,88,109)(H,89,105)(H,90,106)(H,91,108)(H,92,110)(H,93,111)(H,94,112)(H,95,116)(H,96,113)(H,97,114)(H,99,100)(H,101,102)(H4,80,81,83)/t43-,44+,46-,47-,48-,49-,50-,51-,52-,53-,54-,55-,56-,59-/m0/s1. The number of guanidine groups is 1. The Bertz CT molecular complexity index is 3390. The summed E-state index contributed by atoms with van der Waals surface area (Å²) in [5, 5.41) is 73.5. The second-order valence-corrected chi connectivity index (χ2v) is 32.0. The molecule has 0 aliphatic carbocycles. The third-order valence-electron chi connectivity index (χ3n) is 18.2. The number of aliphatic hydroxyl groups excluding tert-OH is 1. The van der Waals surface area contributed by atoms with Gasteiger partial charge in [-0.05, 0) is 167 Å². The molecule has 41 nitrogen and oxygen atoms in total. The molecule has 0 saturated heterocycles. The average Bonchev–Trinajstić information content (AvgIpc) is 0.869. The minimum atomic E-state index is -1.85. The molecule has 0 fully saturated rings. The van der Waals surface area contributed by atoms with Crippen LogP contribution in [-0.2, 0) is 83.1 Å². The van der Waals surface area contributed by atoms with Crippen LogP contribution < -0.4 is 103 Å². The summed E-state index contributed by atoms with van der Waals surface area (Å²) in [5.74, 6) is -17.1. The van der Waals surface area contributed by atoms with Crippen molar-refractivity contribution in [1.29, 1.82) is 5.41 Å². The number of aliphatic hydroxyl groups is 1. The van der Waals surface area contributed by atoms with Crippen LogP contribution in [0.25, 0.3) is 0 Å². The molecule has 14 atom stereocenters. The number of unbranched alkanes of at least 4 members (excludes halogenated alkanes) is 2. The summed E-state index contributed by atoms with van der Waals surface area (Å²) in [5.41, 5.74) is 26.8. The van der Waals surface area contributed by atoms with Crippen LogP contribution in [-0.4, -0.2) is 236 Å². The zero-order valence-corrected chi connectivity index (χ0v) is 69.7. The number of H-pyrrole nitrogens is 1. The molecule has 0 aromatic carbocycles. The van der Waals surface area contributed by atoms with Crippen molar-refractivity contribution in [3.8, 4) is 0 Å². The van der Waals surface area contributed by atoms with Gasteiger partial charge < -0.3 is 123 Å². The van der Waals surface area contributed by atoms with E-state index < -0.39 is 211 Å². The van der Waals surface area contributed by atoms with Gasteiger partial charge >= 0.3 is 11.9 Å². The number of aromatic amines is 1. The smallest absolute Gasteiger partial charge is 0.303 e. The van der Waals surface area contributed by atoms with Crippen LogP contribution in [0.1, 0.15) is 212 Å². The summed E-state index contributed by atoms with van der Waals surface area (Å²) in [7, 11) is 0. The summed E-state index contributed by atoms with van der Waals surface area (Å²) in [6, 6.07) is -18.5. The number of carboxylic acid groups (broad SMARTS) is 2. The molecule has 0 saturated carbocycles. The first-order valence-corrected chi connectivity index (χ1v) is 39.7. The van der Waals surface area contributed by atoms with Gasteiger partial charge in [0, 0.05) is 32.0 Å². The van der Waals surface area contributed by atoms with Crippen molar-refractivity contribution in [3.63, 3.8) is 0 Å². The Morgan fingerprint density at radius 2 is 0.767 bits per heavy atom. The Balaban J connectivity index is 3.67. The minimum absolute atomic E-state index is 0.00405. The van der Waals surface area contributed by atoms with Gasteiger partial charge in [-0.2, -0.15) is 0 Å². The van der Waals surface area contributed by atoms with E-state index in [1.807, 2.05) is 0 Å². The fourth-order valence-corrected chi connectivity index (χ4v) is 11.9. The Morgan fingerprint density at radius 1 is 0.431 bits per heavy atom. The predicted molar refractivity (Wildman–Crippen MR) is 428 cm³/mol. The minimum Gasteiger partial charge on any atom is -0.481 e. The first-order valence-electron chi connectivity index (χ1n) is 39.7. The van der Waals surface area contributed by atoms with Crippen LogP contribution >= 0.6 is 0 Å². The predicted octanol–water partition coefficient (Wildman–Crippen LogP) is -3.64. The van der Waals surface area contributed by atoms with Gasteiger partial charge in [0.15, 0.2) is 5.96 Å². The summed E-state index contributed by atoms with van der Waals surface area (Å²) in [6.45, 7) is 23.2. The molecule has 0 unspecified atom stereocenters. The zero-order chi connectivity index (χ0) is 88.4. The molecular formula is C75H134N22O19. The highest BCUT2D eigenvalue weighted by Gasteiger charge is 2.41. The molecule has 1 heterocycles. The normalized spacial score (nSPS) is 15.1. The van der Waals surface area contributed by atoms with Crippen LogP contribution in [0.3, 0.4) is 0 Å². The van der Waals surface area contributed by atoms with Crippen molar-refractivity contribution in [2.45, 2.75) is 303 Å². The van der Waals surface area contributed by atoms with Gasteiger partial charge in [-0.1, -0.05) is 69.2 Å². The lowest BCUT2D eigenvalue weighted by Crippen LogP contribution is -2.63. The SMILES string of the molecule is CC(C)C[C@H](NC(=O)[C@H](CC(C)C)NC(=O)[C@H](CCC(=O)O)NC(=O)[C@@H](N)CCCNC(=N)N)C(=O)N[C@@H](CCC(=O)O)C(=O)N[C@@H](CCCCN)C(=O)N[C@@H](CC(C)C)C(=O)N[C@@H](CC(C)C)C(=O)NC(C)(C)C(=O)N[C@@H](CCCCN)C(=O)N[C@@H](CC(C)C)C(=O)N[C@@H](Cc1c[nH]cn1)C(=O)N[C@H](C(=O)N[C@@H](C)C(N)=O)[C@@H](C)O. The van der Waals surface area contributed by atoms with Crippen LogP contribution in [0.5, 0.6) is 0 Å². The molecule has 1 aromatic rings. The molecule has 116 heavy (non-hydrogen) atoms. The van der Waals surface area contributed by atoms with Crippen molar-refractivity contribution < 1.29 is 92.0 Å². The molecule has 1 aromatic heterocycles. The lowest BCUT2D eigenvalue weighted by molar-refractivity contribution is -0.139. The monoisotopic (exact) mass is 1650 g/mol.